The van der Waals surface area contributed by atoms with E-state index in [9.17, 15) is 4.79 Å². The Bertz CT molecular complexity index is 204. The van der Waals surface area contributed by atoms with Crippen LogP contribution < -0.4 is 5.73 Å². The number of carboxylic acids is 1. The maximum Gasteiger partial charge on any atom is 0.323 e. The predicted molar refractivity (Wildman–Crippen MR) is 40.0 cm³/mol. The zero-order valence-electron chi connectivity index (χ0n) is 6.42. The largest absolute Gasteiger partial charge is 0.480 e. The van der Waals surface area contributed by atoms with Gasteiger partial charge in [-0.05, 0) is 24.7 Å². The Kier molecular flexibility index (Phi) is 1.27. The summed E-state index contributed by atoms with van der Waals surface area (Å²) in [7, 11) is 0. The predicted octanol–water partition coefficient (Wildman–Crippen LogP) is 0.588. The van der Waals surface area contributed by atoms with Crippen LogP contribution in [0.15, 0.2) is 0 Å². The lowest BCUT2D eigenvalue weighted by atomic mass is 9.82. The maximum absolute atomic E-state index is 10.8. The molecule has 2 rings (SSSR count). The average molecular weight is 155 g/mol. The van der Waals surface area contributed by atoms with Crippen LogP contribution in [0.5, 0.6) is 0 Å². The highest BCUT2D eigenvalue weighted by Crippen LogP contribution is 2.53. The third kappa shape index (κ3) is 0.872. The van der Waals surface area contributed by atoms with Gasteiger partial charge in [0.25, 0.3) is 0 Å². The van der Waals surface area contributed by atoms with Gasteiger partial charge in [0.05, 0.1) is 0 Å². The molecule has 0 aliphatic heterocycles. The molecule has 0 bridgehead atoms. The topological polar surface area (TPSA) is 63.3 Å². The molecule has 2 fully saturated rings. The first-order valence-electron chi connectivity index (χ1n) is 4.17. The number of carboxylic acid groups (broad SMARTS) is 1. The molecule has 0 aromatic heterocycles. The summed E-state index contributed by atoms with van der Waals surface area (Å²) in [5, 5.41) is 8.87. The monoisotopic (exact) mass is 155 g/mol. The molecule has 0 radical (unpaired) electrons. The van der Waals surface area contributed by atoms with Gasteiger partial charge in [0.2, 0.25) is 0 Å². The van der Waals surface area contributed by atoms with Gasteiger partial charge in [-0.3, -0.25) is 4.79 Å². The van der Waals surface area contributed by atoms with E-state index in [1.54, 1.807) is 0 Å². The average Bonchev–Trinajstić information content (AvgIpc) is 2.67. The highest BCUT2D eigenvalue weighted by molar-refractivity contribution is 5.79. The minimum atomic E-state index is -0.872. The summed E-state index contributed by atoms with van der Waals surface area (Å²) in [6.45, 7) is 0. The van der Waals surface area contributed by atoms with Crippen molar-refractivity contribution < 1.29 is 9.90 Å². The zero-order chi connectivity index (χ0) is 8.06. The minimum Gasteiger partial charge on any atom is -0.480 e. The fourth-order valence-electron chi connectivity index (χ4n) is 2.31. The Morgan fingerprint density at radius 1 is 1.64 bits per heavy atom. The van der Waals surface area contributed by atoms with Gasteiger partial charge in [0.15, 0.2) is 0 Å². The van der Waals surface area contributed by atoms with E-state index in [1.807, 2.05) is 0 Å². The van der Waals surface area contributed by atoms with Crippen molar-refractivity contribution in [2.24, 2.45) is 17.6 Å². The summed E-state index contributed by atoms with van der Waals surface area (Å²) in [6, 6.07) is 0. The SMILES string of the molecule is N[C@@]1(C(=O)O)CCC[C@H]2C[C@@H]21. The van der Waals surface area contributed by atoms with E-state index in [0.717, 1.165) is 12.8 Å². The van der Waals surface area contributed by atoms with Crippen molar-refractivity contribution in [2.75, 3.05) is 0 Å². The number of hydrogen-bond acceptors (Lipinski definition) is 2. The van der Waals surface area contributed by atoms with Gasteiger partial charge < -0.3 is 10.8 Å². The van der Waals surface area contributed by atoms with Gasteiger partial charge in [-0.2, -0.15) is 0 Å². The van der Waals surface area contributed by atoms with Crippen molar-refractivity contribution in [3.63, 3.8) is 0 Å². The zero-order valence-corrected chi connectivity index (χ0v) is 6.42. The van der Waals surface area contributed by atoms with E-state index in [0.29, 0.717) is 12.3 Å². The van der Waals surface area contributed by atoms with Crippen LogP contribution in [0, 0.1) is 11.8 Å². The van der Waals surface area contributed by atoms with Gasteiger partial charge in [-0.25, -0.2) is 0 Å². The summed E-state index contributed by atoms with van der Waals surface area (Å²) >= 11 is 0. The van der Waals surface area contributed by atoms with Crippen molar-refractivity contribution in [3.8, 4) is 0 Å². The number of rotatable bonds is 1. The third-order valence-corrected chi connectivity index (χ3v) is 3.15. The van der Waals surface area contributed by atoms with Gasteiger partial charge >= 0.3 is 5.97 Å². The smallest absolute Gasteiger partial charge is 0.323 e. The standard InChI is InChI=1S/C8H13NO2/c9-8(7(10)11)3-1-2-5-4-6(5)8/h5-6H,1-4,9H2,(H,10,11)/t5-,6-,8-/m0/s1. The third-order valence-electron chi connectivity index (χ3n) is 3.15. The Hall–Kier alpha value is -0.570. The fourth-order valence-corrected chi connectivity index (χ4v) is 2.31. The molecule has 3 atom stereocenters. The molecule has 0 saturated heterocycles. The summed E-state index contributed by atoms with van der Waals surface area (Å²) in [6.07, 6.45) is 3.90. The van der Waals surface area contributed by atoms with E-state index in [2.05, 4.69) is 0 Å². The molecule has 0 unspecified atom stereocenters. The van der Waals surface area contributed by atoms with Crippen LogP contribution in [-0.4, -0.2) is 16.6 Å². The van der Waals surface area contributed by atoms with E-state index in [1.165, 1.54) is 6.42 Å². The lowest BCUT2D eigenvalue weighted by Crippen LogP contribution is -2.51. The molecule has 0 aromatic carbocycles. The van der Waals surface area contributed by atoms with Crippen LogP contribution in [0.2, 0.25) is 0 Å². The normalized spacial score (nSPS) is 48.1. The lowest BCUT2D eigenvalue weighted by molar-refractivity contribution is -0.145. The van der Waals surface area contributed by atoms with Crippen LogP contribution in [0.1, 0.15) is 25.7 Å². The summed E-state index contributed by atoms with van der Waals surface area (Å²) in [4.78, 5) is 10.8. The highest BCUT2D eigenvalue weighted by Gasteiger charge is 2.56. The fraction of sp³-hybridized carbons (Fsp3) is 0.875. The minimum absolute atomic E-state index is 0.286. The van der Waals surface area contributed by atoms with E-state index in [-0.39, 0.29) is 5.92 Å². The number of carbonyl (C=O) groups is 1. The van der Waals surface area contributed by atoms with Crippen molar-refractivity contribution in [3.05, 3.63) is 0 Å². The number of fused-ring (bicyclic) bond motifs is 1. The Labute approximate surface area is 65.6 Å². The van der Waals surface area contributed by atoms with E-state index < -0.39 is 11.5 Å². The van der Waals surface area contributed by atoms with Crippen molar-refractivity contribution in [1.82, 2.24) is 0 Å². The van der Waals surface area contributed by atoms with Crippen LogP contribution in [0.3, 0.4) is 0 Å². The molecule has 62 valence electrons. The number of nitrogens with two attached hydrogens (primary N) is 1. The first-order valence-corrected chi connectivity index (χ1v) is 4.17. The molecule has 3 nitrogen and oxygen atoms in total. The Balaban J connectivity index is 2.17. The molecule has 3 heteroatoms. The molecule has 0 spiro atoms. The summed E-state index contributed by atoms with van der Waals surface area (Å²) in [5.41, 5.74) is 4.92. The van der Waals surface area contributed by atoms with Crippen molar-refractivity contribution in [2.45, 2.75) is 31.2 Å². The molecule has 11 heavy (non-hydrogen) atoms. The van der Waals surface area contributed by atoms with Crippen molar-refractivity contribution in [1.29, 1.82) is 0 Å². The van der Waals surface area contributed by atoms with Crippen molar-refractivity contribution >= 4 is 5.97 Å². The van der Waals surface area contributed by atoms with Gasteiger partial charge in [0, 0.05) is 0 Å². The van der Waals surface area contributed by atoms with Gasteiger partial charge in [0.1, 0.15) is 5.54 Å². The highest BCUT2D eigenvalue weighted by atomic mass is 16.4. The number of aliphatic carboxylic acids is 1. The molecule has 0 amide bonds. The summed E-state index contributed by atoms with van der Waals surface area (Å²) < 4.78 is 0. The molecule has 0 aromatic rings. The van der Waals surface area contributed by atoms with Gasteiger partial charge in [-0.1, -0.05) is 12.8 Å². The van der Waals surface area contributed by atoms with Crippen LogP contribution in [0.4, 0.5) is 0 Å². The van der Waals surface area contributed by atoms with E-state index >= 15 is 0 Å². The Morgan fingerprint density at radius 3 is 2.91 bits per heavy atom. The van der Waals surface area contributed by atoms with Crippen LogP contribution in [-0.2, 0) is 4.79 Å². The van der Waals surface area contributed by atoms with Gasteiger partial charge in [-0.15, -0.1) is 0 Å². The first kappa shape index (κ1) is 7.10. The first-order chi connectivity index (χ1) is 5.14. The molecule has 2 aliphatic carbocycles. The number of hydrogen-bond donors (Lipinski definition) is 2. The molecule has 2 saturated carbocycles. The van der Waals surface area contributed by atoms with E-state index in [4.69, 9.17) is 10.8 Å². The quantitative estimate of drug-likeness (QED) is 0.582. The molecule has 0 heterocycles. The second-order valence-electron chi connectivity index (χ2n) is 3.84. The Morgan fingerprint density at radius 2 is 2.36 bits per heavy atom. The molecular formula is C8H13NO2. The summed E-state index contributed by atoms with van der Waals surface area (Å²) in [5.74, 6) is 0.114. The molecule has 2 aliphatic rings. The second-order valence-corrected chi connectivity index (χ2v) is 3.84. The lowest BCUT2D eigenvalue weighted by Gasteiger charge is -2.28. The maximum atomic E-state index is 10.8. The second kappa shape index (κ2) is 1.97. The van der Waals surface area contributed by atoms with Crippen LogP contribution in [0.25, 0.3) is 0 Å². The molecular weight excluding hydrogens is 142 g/mol. The van der Waals surface area contributed by atoms with Crippen LogP contribution >= 0.6 is 0 Å². The molecule has 3 N–H and O–H groups in total.